The van der Waals surface area contributed by atoms with Gasteiger partial charge in [-0.2, -0.15) is 4.31 Å². The van der Waals surface area contributed by atoms with Gasteiger partial charge in [-0.25, -0.2) is 8.42 Å². The summed E-state index contributed by atoms with van der Waals surface area (Å²) in [7, 11) is -3.65. The Balaban J connectivity index is 1.51. The first kappa shape index (κ1) is 21.5. The molecule has 31 heavy (non-hydrogen) atoms. The monoisotopic (exact) mass is 437 g/mol. The van der Waals surface area contributed by atoms with Crippen molar-refractivity contribution in [1.29, 1.82) is 0 Å². The third kappa shape index (κ3) is 4.81. The Labute approximate surface area is 183 Å². The van der Waals surface area contributed by atoms with E-state index in [1.807, 2.05) is 54.6 Å². The zero-order chi connectivity index (χ0) is 21.8. The highest BCUT2D eigenvalue weighted by Crippen LogP contribution is 2.27. The van der Waals surface area contributed by atoms with Crippen LogP contribution in [0.4, 0.5) is 0 Å². The summed E-state index contributed by atoms with van der Waals surface area (Å²) < 4.78 is 32.8. The standard InChI is InChI=1S/C25H27NO4S/c1-19-22(18-25(30-19)31(28,29)26-14-8-3-9-15-26)17-23(27)16-21-12-6-7-13-24(21)20-10-4-2-5-11-20/h2,4-7,10-13,18H,3,8-9,14-17H2,1H3. The molecule has 1 fully saturated rings. The molecule has 0 atom stereocenters. The molecular weight excluding hydrogens is 410 g/mol. The predicted octanol–water partition coefficient (Wildman–Crippen LogP) is 4.78. The second-order valence-electron chi connectivity index (χ2n) is 8.03. The SMILES string of the molecule is Cc1oc(S(=O)(=O)N2CCCCC2)cc1CC(=O)Cc1ccccc1-c1ccccc1. The van der Waals surface area contributed by atoms with Gasteiger partial charge in [-0.3, -0.25) is 4.79 Å². The number of nitrogens with zero attached hydrogens (tertiary/aromatic N) is 1. The van der Waals surface area contributed by atoms with Crippen molar-refractivity contribution in [2.75, 3.05) is 13.1 Å². The molecule has 2 aromatic carbocycles. The van der Waals surface area contributed by atoms with Crippen LogP contribution in [0.3, 0.4) is 0 Å². The summed E-state index contributed by atoms with van der Waals surface area (Å²) >= 11 is 0. The molecule has 0 saturated carbocycles. The number of hydrogen-bond donors (Lipinski definition) is 0. The molecule has 0 aliphatic carbocycles. The van der Waals surface area contributed by atoms with Crippen LogP contribution < -0.4 is 0 Å². The largest absolute Gasteiger partial charge is 0.448 e. The molecule has 0 unspecified atom stereocenters. The second kappa shape index (κ2) is 9.20. The van der Waals surface area contributed by atoms with E-state index < -0.39 is 10.0 Å². The quantitative estimate of drug-likeness (QED) is 0.533. The number of carbonyl (C=O) groups excluding carboxylic acids is 1. The Morgan fingerprint density at radius 3 is 2.29 bits per heavy atom. The molecule has 0 N–H and O–H groups in total. The number of piperidine rings is 1. The fourth-order valence-corrected chi connectivity index (χ4v) is 5.60. The summed E-state index contributed by atoms with van der Waals surface area (Å²) in [5.74, 6) is 0.509. The van der Waals surface area contributed by atoms with E-state index in [1.165, 1.54) is 10.4 Å². The molecule has 6 heteroatoms. The van der Waals surface area contributed by atoms with E-state index in [1.54, 1.807) is 6.92 Å². The minimum absolute atomic E-state index is 0.0224. The van der Waals surface area contributed by atoms with Crippen molar-refractivity contribution >= 4 is 15.8 Å². The highest BCUT2D eigenvalue weighted by atomic mass is 32.2. The lowest BCUT2D eigenvalue weighted by atomic mass is 9.95. The number of Topliss-reactive ketones (excluding diaryl/α,β-unsaturated/α-hetero) is 1. The van der Waals surface area contributed by atoms with Crippen molar-refractivity contribution < 1.29 is 17.6 Å². The molecule has 162 valence electrons. The van der Waals surface area contributed by atoms with Gasteiger partial charge in [-0.05, 0) is 36.5 Å². The van der Waals surface area contributed by atoms with E-state index in [9.17, 15) is 13.2 Å². The van der Waals surface area contributed by atoms with E-state index in [-0.39, 0.29) is 23.7 Å². The molecule has 5 nitrogen and oxygen atoms in total. The molecule has 2 heterocycles. The van der Waals surface area contributed by atoms with Crippen LogP contribution in [0.5, 0.6) is 0 Å². The number of hydrogen-bond acceptors (Lipinski definition) is 4. The fourth-order valence-electron chi connectivity index (χ4n) is 4.09. The average Bonchev–Trinajstić information content (AvgIpc) is 3.16. The molecule has 0 amide bonds. The van der Waals surface area contributed by atoms with Crippen LogP contribution in [0.1, 0.15) is 36.1 Å². The van der Waals surface area contributed by atoms with Crippen molar-refractivity contribution in [2.45, 2.75) is 44.1 Å². The number of rotatable bonds is 7. The molecule has 1 saturated heterocycles. The van der Waals surface area contributed by atoms with Gasteiger partial charge < -0.3 is 4.42 Å². The Hall–Kier alpha value is -2.70. The van der Waals surface area contributed by atoms with Gasteiger partial charge in [0, 0.05) is 37.6 Å². The summed E-state index contributed by atoms with van der Waals surface area (Å²) in [5, 5.41) is -0.0561. The van der Waals surface area contributed by atoms with Crippen molar-refractivity contribution in [2.24, 2.45) is 0 Å². The van der Waals surface area contributed by atoms with Crippen LogP contribution in [0.2, 0.25) is 0 Å². The van der Waals surface area contributed by atoms with Gasteiger partial charge in [0.1, 0.15) is 11.5 Å². The first-order valence-electron chi connectivity index (χ1n) is 10.7. The van der Waals surface area contributed by atoms with Crippen molar-refractivity contribution in [3.63, 3.8) is 0 Å². The van der Waals surface area contributed by atoms with E-state index in [0.717, 1.165) is 36.0 Å². The number of ketones is 1. The molecular formula is C25H27NO4S. The minimum atomic E-state index is -3.65. The molecule has 3 aromatic rings. The maximum absolute atomic E-state index is 12.9. The molecule has 4 rings (SSSR count). The normalized spacial score (nSPS) is 15.1. The Bertz CT molecular complexity index is 1160. The third-order valence-corrected chi connectivity index (χ3v) is 7.54. The number of furan rings is 1. The molecule has 0 bridgehead atoms. The van der Waals surface area contributed by atoms with Gasteiger partial charge in [0.2, 0.25) is 5.09 Å². The molecule has 1 aliphatic rings. The van der Waals surface area contributed by atoms with Crippen LogP contribution >= 0.6 is 0 Å². The predicted molar refractivity (Wildman–Crippen MR) is 120 cm³/mol. The van der Waals surface area contributed by atoms with Crippen molar-refractivity contribution in [3.05, 3.63) is 77.6 Å². The smallest absolute Gasteiger partial charge is 0.276 e. The van der Waals surface area contributed by atoms with E-state index in [4.69, 9.17) is 4.42 Å². The zero-order valence-corrected chi connectivity index (χ0v) is 18.5. The van der Waals surface area contributed by atoms with Crippen LogP contribution in [-0.4, -0.2) is 31.6 Å². The molecule has 1 aromatic heterocycles. The van der Waals surface area contributed by atoms with Crippen LogP contribution in [0.15, 0.2) is 70.2 Å². The highest BCUT2D eigenvalue weighted by Gasteiger charge is 2.30. The summed E-state index contributed by atoms with van der Waals surface area (Å²) in [6.07, 6.45) is 3.21. The topological polar surface area (TPSA) is 67.6 Å². The van der Waals surface area contributed by atoms with Crippen molar-refractivity contribution in [3.8, 4) is 11.1 Å². The Morgan fingerprint density at radius 2 is 1.55 bits per heavy atom. The summed E-state index contributed by atoms with van der Waals surface area (Å²) in [5.41, 5.74) is 3.70. The number of aryl methyl sites for hydroxylation is 1. The summed E-state index contributed by atoms with van der Waals surface area (Å²) in [6.45, 7) is 2.76. The first-order valence-corrected chi connectivity index (χ1v) is 12.1. The third-order valence-electron chi connectivity index (χ3n) is 5.78. The number of carbonyl (C=O) groups is 1. The van der Waals surface area contributed by atoms with Crippen molar-refractivity contribution in [1.82, 2.24) is 4.31 Å². The lowest BCUT2D eigenvalue weighted by molar-refractivity contribution is -0.117. The molecule has 0 spiro atoms. The lowest BCUT2D eigenvalue weighted by Crippen LogP contribution is -2.35. The fraction of sp³-hybridized carbons (Fsp3) is 0.320. The number of benzene rings is 2. The van der Waals surface area contributed by atoms with Gasteiger partial charge in [0.05, 0.1) is 0 Å². The van der Waals surface area contributed by atoms with E-state index in [2.05, 4.69) is 0 Å². The van der Waals surface area contributed by atoms with Crippen LogP contribution in [0.25, 0.3) is 11.1 Å². The highest BCUT2D eigenvalue weighted by molar-refractivity contribution is 7.89. The van der Waals surface area contributed by atoms with E-state index >= 15 is 0 Å². The Kier molecular flexibility index (Phi) is 6.39. The maximum atomic E-state index is 12.9. The molecule has 1 aliphatic heterocycles. The maximum Gasteiger partial charge on any atom is 0.276 e. The first-order chi connectivity index (χ1) is 14.9. The van der Waals surface area contributed by atoms with Gasteiger partial charge in [0.15, 0.2) is 0 Å². The van der Waals surface area contributed by atoms with Crippen LogP contribution in [0, 0.1) is 6.92 Å². The average molecular weight is 438 g/mol. The molecule has 0 radical (unpaired) electrons. The van der Waals surface area contributed by atoms with Gasteiger partial charge in [0.25, 0.3) is 10.0 Å². The second-order valence-corrected chi connectivity index (χ2v) is 9.90. The summed E-state index contributed by atoms with van der Waals surface area (Å²) in [6, 6.07) is 19.4. The van der Waals surface area contributed by atoms with E-state index in [0.29, 0.717) is 24.4 Å². The Morgan fingerprint density at radius 1 is 0.903 bits per heavy atom. The van der Waals surface area contributed by atoms with Gasteiger partial charge in [-0.15, -0.1) is 0 Å². The lowest BCUT2D eigenvalue weighted by Gasteiger charge is -2.24. The van der Waals surface area contributed by atoms with Gasteiger partial charge in [-0.1, -0.05) is 61.0 Å². The zero-order valence-electron chi connectivity index (χ0n) is 17.7. The minimum Gasteiger partial charge on any atom is -0.448 e. The van der Waals surface area contributed by atoms with Gasteiger partial charge >= 0.3 is 0 Å². The summed E-state index contributed by atoms with van der Waals surface area (Å²) in [4.78, 5) is 12.9. The number of sulfonamides is 1. The van der Waals surface area contributed by atoms with Crippen LogP contribution in [-0.2, 0) is 27.7 Å².